The van der Waals surface area contributed by atoms with Gasteiger partial charge in [0.1, 0.15) is 23.5 Å². The molecule has 4 aromatic rings. The summed E-state index contributed by atoms with van der Waals surface area (Å²) in [5, 5.41) is 9.41. The van der Waals surface area contributed by atoms with E-state index in [1.54, 1.807) is 0 Å². The molecule has 2 aliphatic heterocycles. The number of rotatable bonds is 5. The molecule has 1 fully saturated rings. The van der Waals surface area contributed by atoms with Crippen molar-refractivity contribution in [1.82, 2.24) is 4.98 Å². The van der Waals surface area contributed by atoms with E-state index in [1.165, 1.54) is 18.2 Å². The number of aliphatic imine (C=N–C) groups is 1. The largest absolute Gasteiger partial charge is 0.367 e. The molecular weight excluding hydrogens is 492 g/mol. The normalized spacial score (nSPS) is 17.2. The van der Waals surface area contributed by atoms with Crippen molar-refractivity contribution in [2.45, 2.75) is 18.9 Å². The number of pyridine rings is 1. The van der Waals surface area contributed by atoms with Gasteiger partial charge in [0.15, 0.2) is 0 Å². The highest BCUT2D eigenvalue weighted by molar-refractivity contribution is 6.02. The molecule has 6 rings (SSSR count). The molecule has 1 unspecified atom stereocenters. The van der Waals surface area contributed by atoms with Crippen LogP contribution in [0.4, 0.5) is 20.3 Å². The van der Waals surface area contributed by atoms with Crippen molar-refractivity contribution in [2.24, 2.45) is 4.99 Å². The standard InChI is InChI=1S/C32H27F2N5/c33-26-5-3-6-27(34)32(26)29-14-13-28(37-29)23-10-8-22(9-11-23)25-12-15-31(36-21-25)39-18-16-38(17-19-39)30-7-2-1-4-24(30)20-35/h1-12,15,21,28H,13-14,16-19H2. The van der Waals surface area contributed by atoms with E-state index in [1.807, 2.05) is 42.6 Å². The number of hydrogen-bond acceptors (Lipinski definition) is 5. The second-order valence-electron chi connectivity index (χ2n) is 9.86. The van der Waals surface area contributed by atoms with Gasteiger partial charge in [0.05, 0.1) is 22.9 Å². The Balaban J connectivity index is 1.10. The van der Waals surface area contributed by atoms with Gasteiger partial charge in [0.25, 0.3) is 0 Å². The number of nitrogens with zero attached hydrogens (tertiary/aromatic N) is 5. The molecule has 1 saturated heterocycles. The smallest absolute Gasteiger partial charge is 0.135 e. The second-order valence-corrected chi connectivity index (χ2v) is 9.86. The Morgan fingerprint density at radius 2 is 1.46 bits per heavy atom. The lowest BCUT2D eigenvalue weighted by molar-refractivity contribution is 0.578. The molecule has 3 heterocycles. The van der Waals surface area contributed by atoms with Crippen LogP contribution in [0.15, 0.2) is 90.1 Å². The molecule has 39 heavy (non-hydrogen) atoms. The van der Waals surface area contributed by atoms with Crippen LogP contribution in [0.3, 0.4) is 0 Å². The van der Waals surface area contributed by atoms with Crippen molar-refractivity contribution in [3.8, 4) is 17.2 Å². The molecule has 2 aliphatic rings. The summed E-state index contributed by atoms with van der Waals surface area (Å²) >= 11 is 0. The van der Waals surface area contributed by atoms with E-state index in [0.717, 1.165) is 60.8 Å². The maximum absolute atomic E-state index is 14.2. The molecule has 0 saturated carbocycles. The number of hydrogen-bond donors (Lipinski definition) is 0. The Morgan fingerprint density at radius 3 is 2.15 bits per heavy atom. The highest BCUT2D eigenvalue weighted by Gasteiger charge is 2.24. The zero-order valence-electron chi connectivity index (χ0n) is 21.4. The van der Waals surface area contributed by atoms with Crippen molar-refractivity contribution < 1.29 is 8.78 Å². The van der Waals surface area contributed by atoms with Gasteiger partial charge < -0.3 is 9.80 Å². The van der Waals surface area contributed by atoms with Gasteiger partial charge in [-0.1, -0.05) is 42.5 Å². The molecule has 1 atom stereocenters. The SMILES string of the molecule is N#Cc1ccccc1N1CCN(c2ccc(-c3ccc(C4CCC(c5c(F)cccc5F)=N4)cc3)cn2)CC1. The predicted octanol–water partition coefficient (Wildman–Crippen LogP) is 6.55. The highest BCUT2D eigenvalue weighted by atomic mass is 19.1. The number of nitriles is 1. The van der Waals surface area contributed by atoms with E-state index >= 15 is 0 Å². The van der Waals surface area contributed by atoms with Crippen LogP contribution in [0.1, 0.15) is 35.6 Å². The van der Waals surface area contributed by atoms with Crippen LogP contribution < -0.4 is 9.80 Å². The Kier molecular flexibility index (Phi) is 6.76. The first-order valence-electron chi connectivity index (χ1n) is 13.2. The Hall–Kier alpha value is -4.57. The number of benzene rings is 3. The molecule has 5 nitrogen and oxygen atoms in total. The van der Waals surface area contributed by atoms with Gasteiger partial charge in [0, 0.05) is 43.7 Å². The van der Waals surface area contributed by atoms with Gasteiger partial charge in [-0.2, -0.15) is 5.26 Å². The predicted molar refractivity (Wildman–Crippen MR) is 150 cm³/mol. The van der Waals surface area contributed by atoms with E-state index in [-0.39, 0.29) is 11.6 Å². The number of aromatic nitrogens is 1. The van der Waals surface area contributed by atoms with Crippen molar-refractivity contribution in [3.63, 3.8) is 0 Å². The number of anilines is 2. The third-order valence-corrected chi connectivity index (χ3v) is 7.56. The molecule has 7 heteroatoms. The Labute approximate surface area is 226 Å². The van der Waals surface area contributed by atoms with Gasteiger partial charge >= 0.3 is 0 Å². The zero-order valence-corrected chi connectivity index (χ0v) is 21.4. The highest BCUT2D eigenvalue weighted by Crippen LogP contribution is 2.33. The van der Waals surface area contributed by atoms with Crippen LogP contribution in [0.25, 0.3) is 11.1 Å². The fourth-order valence-electron chi connectivity index (χ4n) is 5.46. The van der Waals surface area contributed by atoms with E-state index in [9.17, 15) is 14.0 Å². The summed E-state index contributed by atoms with van der Waals surface area (Å²) in [6.07, 6.45) is 3.18. The molecule has 0 radical (unpaired) electrons. The van der Waals surface area contributed by atoms with Crippen molar-refractivity contribution in [3.05, 3.63) is 113 Å². The molecular formula is C32H27F2N5. The van der Waals surface area contributed by atoms with Gasteiger partial charge in [-0.3, -0.25) is 4.99 Å². The molecule has 0 amide bonds. The van der Waals surface area contributed by atoms with E-state index in [0.29, 0.717) is 17.7 Å². The molecule has 0 aliphatic carbocycles. The first kappa shape index (κ1) is 24.7. The van der Waals surface area contributed by atoms with Gasteiger partial charge in [0.2, 0.25) is 0 Å². The molecule has 194 valence electrons. The fraction of sp³-hybridized carbons (Fsp3) is 0.219. The lowest BCUT2D eigenvalue weighted by Crippen LogP contribution is -2.47. The molecule has 0 bridgehead atoms. The third kappa shape index (κ3) is 4.98. The van der Waals surface area contributed by atoms with E-state index in [2.05, 4.69) is 45.1 Å². The van der Waals surface area contributed by atoms with Crippen LogP contribution in [-0.4, -0.2) is 36.9 Å². The van der Waals surface area contributed by atoms with Crippen LogP contribution >= 0.6 is 0 Å². The third-order valence-electron chi connectivity index (χ3n) is 7.56. The monoisotopic (exact) mass is 519 g/mol. The molecule has 3 aromatic carbocycles. The summed E-state index contributed by atoms with van der Waals surface area (Å²) in [6, 6.07) is 26.2. The van der Waals surface area contributed by atoms with E-state index < -0.39 is 11.6 Å². The Morgan fingerprint density at radius 1 is 0.769 bits per heavy atom. The zero-order chi connectivity index (χ0) is 26.8. The van der Waals surface area contributed by atoms with Gasteiger partial charge in [-0.25, -0.2) is 13.8 Å². The average molecular weight is 520 g/mol. The number of halogens is 2. The molecule has 0 spiro atoms. The summed E-state index contributed by atoms with van der Waals surface area (Å²) in [5.41, 5.74) is 5.30. The van der Waals surface area contributed by atoms with Crippen LogP contribution in [0.5, 0.6) is 0 Å². The lowest BCUT2D eigenvalue weighted by Gasteiger charge is -2.37. The summed E-state index contributed by atoms with van der Waals surface area (Å²) < 4.78 is 28.4. The minimum atomic E-state index is -0.563. The van der Waals surface area contributed by atoms with Gasteiger partial charge in [-0.05, 0) is 60.4 Å². The van der Waals surface area contributed by atoms with Gasteiger partial charge in [-0.15, -0.1) is 0 Å². The summed E-state index contributed by atoms with van der Waals surface area (Å²) in [4.78, 5) is 13.9. The quantitative estimate of drug-likeness (QED) is 0.300. The minimum absolute atomic E-state index is 0.00354. The second kappa shape index (κ2) is 10.7. The molecule has 1 aromatic heterocycles. The van der Waals surface area contributed by atoms with Crippen molar-refractivity contribution >= 4 is 17.2 Å². The summed E-state index contributed by atoms with van der Waals surface area (Å²) in [5.74, 6) is -0.185. The van der Waals surface area contributed by atoms with Crippen LogP contribution in [-0.2, 0) is 0 Å². The van der Waals surface area contributed by atoms with Crippen LogP contribution in [0.2, 0.25) is 0 Å². The molecule has 0 N–H and O–H groups in total. The van der Waals surface area contributed by atoms with Crippen molar-refractivity contribution in [2.75, 3.05) is 36.0 Å². The van der Waals surface area contributed by atoms with Crippen LogP contribution in [0, 0.1) is 23.0 Å². The number of piperazine rings is 1. The first-order chi connectivity index (χ1) is 19.1. The lowest BCUT2D eigenvalue weighted by atomic mass is 10.00. The fourth-order valence-corrected chi connectivity index (χ4v) is 5.46. The first-order valence-corrected chi connectivity index (χ1v) is 13.2. The maximum Gasteiger partial charge on any atom is 0.135 e. The Bertz CT molecular complexity index is 1530. The minimum Gasteiger partial charge on any atom is -0.367 e. The average Bonchev–Trinajstić information content (AvgIpc) is 3.47. The maximum atomic E-state index is 14.2. The number of para-hydroxylation sites is 1. The van der Waals surface area contributed by atoms with E-state index in [4.69, 9.17) is 4.98 Å². The van der Waals surface area contributed by atoms with Crippen molar-refractivity contribution in [1.29, 1.82) is 5.26 Å². The summed E-state index contributed by atoms with van der Waals surface area (Å²) in [7, 11) is 0. The summed E-state index contributed by atoms with van der Waals surface area (Å²) in [6.45, 7) is 3.33. The topological polar surface area (TPSA) is 55.5 Å².